The zero-order valence-electron chi connectivity index (χ0n) is 17.3. The van der Waals surface area contributed by atoms with E-state index in [1.807, 2.05) is 31.2 Å². The van der Waals surface area contributed by atoms with E-state index in [4.69, 9.17) is 4.74 Å². The molecule has 166 valence electrons. The van der Waals surface area contributed by atoms with E-state index in [1.54, 1.807) is 6.07 Å². The molecule has 12 heteroatoms. The molecular weight excluding hydrogens is 438 g/mol. The predicted molar refractivity (Wildman–Crippen MR) is 117 cm³/mol. The second kappa shape index (κ2) is 9.47. The minimum Gasteiger partial charge on any atom is -0.475 e. The van der Waals surface area contributed by atoms with Gasteiger partial charge in [0.05, 0.1) is 17.0 Å². The largest absolute Gasteiger partial charge is 0.475 e. The molecule has 0 aliphatic heterocycles. The number of carbonyl (C=O) groups is 1. The van der Waals surface area contributed by atoms with Crippen LogP contribution in [0, 0.1) is 27.2 Å². The molecule has 0 aliphatic carbocycles. The first kappa shape index (κ1) is 22.7. The Kier molecular flexibility index (Phi) is 6.73. The number of hydrogen-bond donors (Lipinski definition) is 1. The van der Waals surface area contributed by atoms with E-state index in [0.717, 1.165) is 21.3 Å². The standard InChI is InChI=1S/C20H19N5O6S/c1-12-4-6-16(7-5-12)32-17-9-14(8-15(10-17)24(27)28)21-19(26)13(2)23-11-18(25(29)30)20(22-23)31-3/h4-11,13H,1-3H3,(H,21,26). The van der Waals surface area contributed by atoms with Crippen LogP contribution in [0.15, 0.2) is 58.5 Å². The molecule has 0 aliphatic rings. The summed E-state index contributed by atoms with van der Waals surface area (Å²) in [5.74, 6) is -0.779. The predicted octanol–water partition coefficient (Wildman–Crippen LogP) is 4.37. The van der Waals surface area contributed by atoms with Gasteiger partial charge in [-0.1, -0.05) is 29.5 Å². The highest BCUT2D eigenvalue weighted by atomic mass is 32.2. The fourth-order valence-corrected chi connectivity index (χ4v) is 3.67. The summed E-state index contributed by atoms with van der Waals surface area (Å²) >= 11 is 1.32. The van der Waals surface area contributed by atoms with Crippen molar-refractivity contribution in [1.82, 2.24) is 9.78 Å². The highest BCUT2D eigenvalue weighted by Gasteiger charge is 2.25. The Balaban J connectivity index is 1.84. The van der Waals surface area contributed by atoms with Crippen LogP contribution in [0.2, 0.25) is 0 Å². The molecule has 11 nitrogen and oxygen atoms in total. The topological polar surface area (TPSA) is 142 Å². The Hall–Kier alpha value is -3.93. The second-order valence-corrected chi connectivity index (χ2v) is 7.96. The normalized spacial score (nSPS) is 11.6. The van der Waals surface area contributed by atoms with Crippen LogP contribution in [0.3, 0.4) is 0 Å². The lowest BCUT2D eigenvalue weighted by Crippen LogP contribution is -2.24. The van der Waals surface area contributed by atoms with Gasteiger partial charge in [-0.05, 0) is 32.0 Å². The van der Waals surface area contributed by atoms with Gasteiger partial charge in [0.15, 0.2) is 0 Å². The first-order chi connectivity index (χ1) is 15.2. The minimum absolute atomic E-state index is 0.179. The molecule has 0 bridgehead atoms. The molecule has 32 heavy (non-hydrogen) atoms. The van der Waals surface area contributed by atoms with Gasteiger partial charge in [-0.3, -0.25) is 25.0 Å². The summed E-state index contributed by atoms with van der Waals surface area (Å²) < 4.78 is 5.98. The lowest BCUT2D eigenvalue weighted by Gasteiger charge is -2.13. The van der Waals surface area contributed by atoms with Crippen LogP contribution in [0.1, 0.15) is 18.5 Å². The van der Waals surface area contributed by atoms with Crippen molar-refractivity contribution in [3.63, 3.8) is 0 Å². The number of rotatable bonds is 8. The fourth-order valence-electron chi connectivity index (χ4n) is 2.76. The van der Waals surface area contributed by atoms with Crippen molar-refractivity contribution in [3.8, 4) is 5.88 Å². The van der Waals surface area contributed by atoms with Crippen LogP contribution < -0.4 is 10.1 Å². The Morgan fingerprint density at radius 1 is 1.12 bits per heavy atom. The van der Waals surface area contributed by atoms with E-state index in [2.05, 4.69) is 10.4 Å². The van der Waals surface area contributed by atoms with Gasteiger partial charge in [-0.2, -0.15) is 0 Å². The van der Waals surface area contributed by atoms with Gasteiger partial charge in [0.1, 0.15) is 12.2 Å². The number of amides is 1. The maximum Gasteiger partial charge on any atom is 0.350 e. The zero-order chi connectivity index (χ0) is 23.4. The van der Waals surface area contributed by atoms with Crippen molar-refractivity contribution in [1.29, 1.82) is 0 Å². The number of methoxy groups -OCH3 is 1. The smallest absolute Gasteiger partial charge is 0.350 e. The number of nitrogens with one attached hydrogen (secondary N) is 1. The molecule has 2 aromatic carbocycles. The molecule has 0 spiro atoms. The molecule has 0 radical (unpaired) electrons. The summed E-state index contributed by atoms with van der Waals surface area (Å²) in [6, 6.07) is 11.0. The summed E-state index contributed by atoms with van der Waals surface area (Å²) in [6.45, 7) is 3.45. The summed E-state index contributed by atoms with van der Waals surface area (Å²) in [5, 5.41) is 29.0. The number of non-ortho nitro benzene ring substituents is 1. The number of nitro groups is 2. The SMILES string of the molecule is COc1nn(C(C)C(=O)Nc2cc(Sc3ccc(C)cc3)cc([N+](=O)[O-])c2)cc1[N+](=O)[O-]. The number of hydrogen-bond acceptors (Lipinski definition) is 8. The van der Waals surface area contributed by atoms with Crippen molar-refractivity contribution in [3.05, 3.63) is 74.5 Å². The maximum atomic E-state index is 12.7. The number of aryl methyl sites for hydroxylation is 1. The van der Waals surface area contributed by atoms with Crippen molar-refractivity contribution < 1.29 is 19.4 Å². The molecule has 1 amide bonds. The number of benzene rings is 2. The molecule has 3 aromatic rings. The highest BCUT2D eigenvalue weighted by molar-refractivity contribution is 7.99. The molecule has 1 aromatic heterocycles. The van der Waals surface area contributed by atoms with Crippen LogP contribution in [0.5, 0.6) is 5.88 Å². The van der Waals surface area contributed by atoms with Crippen molar-refractivity contribution >= 4 is 34.7 Å². The Labute approximate surface area is 186 Å². The fraction of sp³-hybridized carbons (Fsp3) is 0.200. The number of nitrogens with zero attached hydrogens (tertiary/aromatic N) is 4. The molecule has 0 saturated carbocycles. The first-order valence-corrected chi connectivity index (χ1v) is 10.1. The molecule has 1 unspecified atom stereocenters. The monoisotopic (exact) mass is 457 g/mol. The second-order valence-electron chi connectivity index (χ2n) is 6.81. The van der Waals surface area contributed by atoms with Gasteiger partial charge < -0.3 is 10.1 Å². The van der Waals surface area contributed by atoms with E-state index in [1.165, 1.54) is 37.9 Å². The lowest BCUT2D eigenvalue weighted by atomic mass is 10.2. The Morgan fingerprint density at radius 2 is 1.81 bits per heavy atom. The molecule has 0 saturated heterocycles. The van der Waals surface area contributed by atoms with Crippen molar-refractivity contribution in [2.45, 2.75) is 29.7 Å². The van der Waals surface area contributed by atoms with E-state index >= 15 is 0 Å². The molecular formula is C20H19N5O6S. The van der Waals surface area contributed by atoms with Gasteiger partial charge in [-0.25, -0.2) is 4.68 Å². The van der Waals surface area contributed by atoms with E-state index in [9.17, 15) is 25.0 Å². The van der Waals surface area contributed by atoms with Gasteiger partial charge in [0, 0.05) is 27.6 Å². The van der Waals surface area contributed by atoms with Crippen molar-refractivity contribution in [2.24, 2.45) is 0 Å². The molecule has 0 fully saturated rings. The van der Waals surface area contributed by atoms with Crippen LogP contribution >= 0.6 is 11.8 Å². The third kappa shape index (κ3) is 5.21. The highest BCUT2D eigenvalue weighted by Crippen LogP contribution is 2.33. The van der Waals surface area contributed by atoms with Gasteiger partial charge in [-0.15, -0.1) is 5.10 Å². The summed E-state index contributed by atoms with van der Waals surface area (Å²) in [7, 11) is 1.24. The lowest BCUT2D eigenvalue weighted by molar-refractivity contribution is -0.385. The van der Waals surface area contributed by atoms with Gasteiger partial charge in [0.25, 0.3) is 5.69 Å². The number of aromatic nitrogens is 2. The van der Waals surface area contributed by atoms with Gasteiger partial charge >= 0.3 is 11.6 Å². The van der Waals surface area contributed by atoms with Crippen LogP contribution in [0.4, 0.5) is 17.1 Å². The number of anilines is 1. The molecule has 3 rings (SSSR count). The Bertz CT molecular complexity index is 1180. The van der Waals surface area contributed by atoms with E-state index in [-0.39, 0.29) is 22.9 Å². The molecule has 1 N–H and O–H groups in total. The van der Waals surface area contributed by atoms with Gasteiger partial charge in [0.2, 0.25) is 5.91 Å². The quantitative estimate of drug-likeness (QED) is 0.388. The number of ether oxygens (including phenoxy) is 1. The minimum atomic E-state index is -0.940. The third-order valence-electron chi connectivity index (χ3n) is 4.47. The van der Waals surface area contributed by atoms with Crippen molar-refractivity contribution in [2.75, 3.05) is 12.4 Å². The van der Waals surface area contributed by atoms with Crippen LogP contribution in [0.25, 0.3) is 0 Å². The average Bonchev–Trinajstić information content (AvgIpc) is 3.19. The molecule has 1 atom stereocenters. The number of carbonyl (C=O) groups excluding carboxylic acids is 1. The van der Waals surface area contributed by atoms with E-state index in [0.29, 0.717) is 4.90 Å². The third-order valence-corrected chi connectivity index (χ3v) is 5.45. The summed E-state index contributed by atoms with van der Waals surface area (Å²) in [4.78, 5) is 35.4. The Morgan fingerprint density at radius 3 is 2.38 bits per heavy atom. The summed E-state index contributed by atoms with van der Waals surface area (Å²) in [5.41, 5.74) is 0.755. The van der Waals surface area contributed by atoms with E-state index < -0.39 is 21.8 Å². The zero-order valence-corrected chi connectivity index (χ0v) is 18.2. The number of nitro benzene ring substituents is 1. The van der Waals surface area contributed by atoms with Crippen LogP contribution in [-0.4, -0.2) is 32.6 Å². The average molecular weight is 457 g/mol. The summed E-state index contributed by atoms with van der Waals surface area (Å²) in [6.07, 6.45) is 1.09. The molecule has 1 heterocycles. The maximum absolute atomic E-state index is 12.7. The van der Waals surface area contributed by atoms with Crippen LogP contribution in [-0.2, 0) is 4.79 Å². The first-order valence-electron chi connectivity index (χ1n) is 9.30.